The molecule has 19 heteroatoms. The molecule has 4 amide bonds. The zero-order valence-electron chi connectivity index (χ0n) is 48.0. The lowest BCUT2D eigenvalue weighted by Gasteiger charge is -2.44. The third-order valence-electron chi connectivity index (χ3n) is 19.0. The van der Waals surface area contributed by atoms with E-state index in [0.29, 0.717) is 55.9 Å². The van der Waals surface area contributed by atoms with E-state index in [-0.39, 0.29) is 66.5 Å². The zero-order chi connectivity index (χ0) is 55.7. The molecule has 1 aromatic carbocycles. The van der Waals surface area contributed by atoms with E-state index in [1.165, 1.54) is 16.3 Å². The van der Waals surface area contributed by atoms with Crippen LogP contribution < -0.4 is 21.0 Å². The molecule has 2 saturated carbocycles. The van der Waals surface area contributed by atoms with Gasteiger partial charge in [-0.15, -0.1) is 11.3 Å². The fourth-order valence-electron chi connectivity index (χ4n) is 14.3. The Labute approximate surface area is 475 Å². The lowest BCUT2D eigenvalue weighted by molar-refractivity contribution is -0.155. The quantitative estimate of drug-likeness (QED) is 0.117. The van der Waals surface area contributed by atoms with Crippen molar-refractivity contribution in [3.8, 4) is 22.5 Å². The SMILES string of the molecule is CCn1c(-c2cc(N3CCN4CCOC[C@@H]4C3)cnc2C(C)C)c2c3cc(ccc31)-c1csc(n1)C[C@H](NC(=O)[C@H](C1CCCC1)N(C)C(=O)[C@H]1CN(C(=O)[C@@H]3N[C@@H]3C3CC3)C[C@H]1C)C(=O)N1CCC[C@H](N1)C(=O)OCC(C)(C)C2. The number of esters is 1. The van der Waals surface area contributed by atoms with Crippen molar-refractivity contribution in [3.05, 3.63) is 52.1 Å². The van der Waals surface area contributed by atoms with Crippen LogP contribution in [0.3, 0.4) is 0 Å². The van der Waals surface area contributed by atoms with Crippen molar-refractivity contribution in [3.63, 3.8) is 0 Å². The van der Waals surface area contributed by atoms with Crippen LogP contribution in [-0.4, -0.2) is 173 Å². The van der Waals surface area contributed by atoms with Gasteiger partial charge in [0.2, 0.25) is 17.7 Å². The van der Waals surface area contributed by atoms with E-state index in [1.807, 2.05) is 17.2 Å². The second-order valence-corrected chi connectivity index (χ2v) is 26.7. The molecule has 8 atom stereocenters. The van der Waals surface area contributed by atoms with E-state index in [9.17, 15) is 14.4 Å². The highest BCUT2D eigenvalue weighted by molar-refractivity contribution is 7.10. The van der Waals surface area contributed by atoms with Crippen molar-refractivity contribution in [2.75, 3.05) is 77.6 Å². The van der Waals surface area contributed by atoms with Crippen LogP contribution in [0.5, 0.6) is 0 Å². The number of nitrogens with zero attached hydrogens (tertiary/aromatic N) is 8. The number of ether oxygens (including phenoxy) is 2. The van der Waals surface area contributed by atoms with Gasteiger partial charge in [-0.2, -0.15) is 0 Å². The molecule has 18 nitrogen and oxygen atoms in total. The maximum atomic E-state index is 15.1. The summed E-state index contributed by atoms with van der Waals surface area (Å²) >= 11 is 1.45. The number of likely N-dealkylation sites (N-methyl/N-ethyl adjacent to an activating group) is 1. The van der Waals surface area contributed by atoms with Crippen molar-refractivity contribution in [2.45, 2.75) is 154 Å². The molecule has 6 bridgehead atoms. The first-order valence-corrected chi connectivity index (χ1v) is 30.9. The molecule has 80 heavy (non-hydrogen) atoms. The monoisotopic (exact) mass is 1110 g/mol. The minimum absolute atomic E-state index is 0.0717. The average molecular weight is 1110 g/mol. The lowest BCUT2D eigenvalue weighted by atomic mass is 9.84. The number of morpholine rings is 1. The summed E-state index contributed by atoms with van der Waals surface area (Å²) in [7, 11) is 1.72. The van der Waals surface area contributed by atoms with Crippen molar-refractivity contribution in [1.82, 2.24) is 50.3 Å². The summed E-state index contributed by atoms with van der Waals surface area (Å²) in [6.45, 7) is 20.2. The minimum atomic E-state index is -1.06. The summed E-state index contributed by atoms with van der Waals surface area (Å²) < 4.78 is 14.7. The maximum absolute atomic E-state index is 15.1. The van der Waals surface area contributed by atoms with Gasteiger partial charge in [0.15, 0.2) is 0 Å². The number of piperazine rings is 1. The Morgan fingerprint density at radius 3 is 2.58 bits per heavy atom. The number of thiazole rings is 1. The topological polar surface area (TPSA) is 197 Å². The number of carbonyl (C=O) groups excluding carboxylic acids is 5. The number of hydrogen-bond acceptors (Lipinski definition) is 14. The van der Waals surface area contributed by atoms with Gasteiger partial charge in [0.1, 0.15) is 24.2 Å². The molecule has 8 aliphatic rings. The van der Waals surface area contributed by atoms with Gasteiger partial charge in [-0.25, -0.2) is 10.4 Å². The van der Waals surface area contributed by atoms with Gasteiger partial charge < -0.3 is 34.1 Å². The zero-order valence-corrected chi connectivity index (χ0v) is 48.8. The number of aromatic nitrogens is 3. The van der Waals surface area contributed by atoms with Crippen molar-refractivity contribution >= 4 is 57.5 Å². The Bertz CT molecular complexity index is 3020. The van der Waals surface area contributed by atoms with Crippen LogP contribution in [0, 0.1) is 29.1 Å². The van der Waals surface area contributed by atoms with E-state index < -0.39 is 35.4 Å². The van der Waals surface area contributed by atoms with Gasteiger partial charge in [0.25, 0.3) is 5.91 Å². The van der Waals surface area contributed by atoms with E-state index >= 15 is 9.59 Å². The third-order valence-corrected chi connectivity index (χ3v) is 19.8. The van der Waals surface area contributed by atoms with Gasteiger partial charge in [-0.05, 0) is 99.3 Å². The Morgan fingerprint density at radius 1 is 0.988 bits per heavy atom. The highest BCUT2D eigenvalue weighted by Gasteiger charge is 2.54. The molecule has 5 saturated heterocycles. The second kappa shape index (κ2) is 22.4. The van der Waals surface area contributed by atoms with Crippen molar-refractivity contribution in [1.29, 1.82) is 0 Å². The molecule has 0 unspecified atom stereocenters. The molecule has 430 valence electrons. The van der Waals surface area contributed by atoms with Crippen molar-refractivity contribution < 1.29 is 33.4 Å². The first-order chi connectivity index (χ1) is 38.5. The number of benzene rings is 1. The number of aryl methyl sites for hydroxylation is 1. The maximum Gasteiger partial charge on any atom is 0.324 e. The molecule has 0 radical (unpaired) electrons. The number of hydrazine groups is 1. The van der Waals surface area contributed by atoms with E-state index in [1.54, 1.807) is 11.9 Å². The summed E-state index contributed by atoms with van der Waals surface area (Å²) in [5.74, 6) is -1.17. The Kier molecular flexibility index (Phi) is 15.4. The molecule has 9 heterocycles. The minimum Gasteiger partial charge on any atom is -0.464 e. The number of hydrogen-bond donors (Lipinski definition) is 3. The van der Waals surface area contributed by atoms with Crippen LogP contribution >= 0.6 is 11.3 Å². The predicted molar refractivity (Wildman–Crippen MR) is 308 cm³/mol. The average Bonchev–Trinajstić information content (AvgIpc) is 4.38. The highest BCUT2D eigenvalue weighted by atomic mass is 32.1. The molecule has 2 aliphatic carbocycles. The van der Waals surface area contributed by atoms with E-state index in [4.69, 9.17) is 19.4 Å². The van der Waals surface area contributed by atoms with Gasteiger partial charge in [0, 0.05) is 105 Å². The number of amides is 4. The molecule has 0 spiro atoms. The molecule has 6 aliphatic heterocycles. The molecule has 7 fully saturated rings. The van der Waals surface area contributed by atoms with E-state index in [2.05, 4.69) is 95.5 Å². The normalized spacial score (nSPS) is 27.9. The summed E-state index contributed by atoms with van der Waals surface area (Å²) in [4.78, 5) is 91.7. The molecule has 3 aromatic heterocycles. The molecule has 4 aromatic rings. The van der Waals surface area contributed by atoms with Gasteiger partial charge in [0.05, 0.1) is 65.8 Å². The van der Waals surface area contributed by atoms with Crippen LogP contribution in [0.25, 0.3) is 33.4 Å². The fourth-order valence-corrected chi connectivity index (χ4v) is 15.2. The van der Waals surface area contributed by atoms with Gasteiger partial charge in [-0.1, -0.05) is 53.5 Å². The number of rotatable bonds is 11. The van der Waals surface area contributed by atoms with Crippen LogP contribution in [-0.2, 0) is 52.8 Å². The number of cyclic esters (lactones) is 1. The lowest BCUT2D eigenvalue weighted by Crippen LogP contribution is -2.62. The molecular formula is C61H83N11O7S. The first kappa shape index (κ1) is 55.1. The summed E-state index contributed by atoms with van der Waals surface area (Å²) in [6, 6.07) is 6.70. The molecule has 12 rings (SSSR count). The molecule has 3 N–H and O–H groups in total. The smallest absolute Gasteiger partial charge is 0.324 e. The van der Waals surface area contributed by atoms with E-state index in [0.717, 1.165) is 135 Å². The van der Waals surface area contributed by atoms with Crippen LogP contribution in [0.15, 0.2) is 35.8 Å². The number of fused-ring (bicyclic) bond motifs is 7. The van der Waals surface area contributed by atoms with Gasteiger partial charge in [-0.3, -0.25) is 44.2 Å². The van der Waals surface area contributed by atoms with Crippen LogP contribution in [0.4, 0.5) is 5.69 Å². The highest BCUT2D eigenvalue weighted by Crippen LogP contribution is 2.44. The summed E-state index contributed by atoms with van der Waals surface area (Å²) in [5.41, 5.74) is 11.0. The van der Waals surface area contributed by atoms with Gasteiger partial charge >= 0.3 is 5.97 Å². The number of likely N-dealkylation sites (tertiary alicyclic amines) is 1. The molecular weight excluding hydrogens is 1030 g/mol. The number of carbonyl (C=O) groups is 5. The first-order valence-electron chi connectivity index (χ1n) is 30.1. The van der Waals surface area contributed by atoms with Crippen LogP contribution in [0.1, 0.15) is 115 Å². The Morgan fingerprint density at radius 2 is 1.80 bits per heavy atom. The third kappa shape index (κ3) is 10.9. The van der Waals surface area contributed by atoms with Crippen molar-refractivity contribution in [2.24, 2.45) is 29.1 Å². The number of anilines is 1. The summed E-state index contributed by atoms with van der Waals surface area (Å²) in [6.07, 6.45) is 9.57. The number of pyridine rings is 1. The summed E-state index contributed by atoms with van der Waals surface area (Å²) in [5, 5.41) is 11.9. The number of nitrogens with one attached hydrogen (secondary N) is 3. The second-order valence-electron chi connectivity index (χ2n) is 25.7. The fraction of sp³-hybridized carbons (Fsp3) is 0.656. The largest absolute Gasteiger partial charge is 0.464 e. The predicted octanol–water partition coefficient (Wildman–Crippen LogP) is 6.00. The Balaban J connectivity index is 0.870. The van der Waals surface area contributed by atoms with Crippen LogP contribution in [0.2, 0.25) is 0 Å². The standard InChI is InChI=1S/C61H83N11O7S/c1-8-71-49-18-17-39-24-42(49)44(55(71)43-25-40(28-62-51(43)35(2)3)69-21-20-68-22-23-78-32-41(68)30-69)27-61(5,6)34-79-60(77)46-14-11-19-72(66-46)58(75)47(26-50-63-48(39)33-80-50)64-56(73)54(38-12-9-10-13-38)67(7)57(74)45-31-70(29-36(45)4)59(76)53-52(65-53)37-15-16-37/h17-18,24-25,28,33,35-38,41,45-47,52-54,65-66H,8-16,19-23,26-27,29-32,34H2,1-7H3,(H,64,73)/t36-,41+,45+,46+,47+,52-,53-,54+/m1/s1. The Hall–Kier alpha value is -5.47.